The molecule has 10 nitrogen and oxygen atoms in total. The number of amides is 2. The van der Waals surface area contributed by atoms with E-state index in [4.69, 9.17) is 4.84 Å². The minimum Gasteiger partial charge on any atom is -0.453 e. The Bertz CT molecular complexity index is 1280. The molecule has 0 unspecified atom stereocenters. The van der Waals surface area contributed by atoms with E-state index in [2.05, 4.69) is 31.9 Å². The number of oxime groups is 1. The van der Waals surface area contributed by atoms with Gasteiger partial charge < -0.3 is 19.8 Å². The van der Waals surface area contributed by atoms with Crippen LogP contribution in [0.1, 0.15) is 21.6 Å². The van der Waals surface area contributed by atoms with E-state index in [1.54, 1.807) is 29.7 Å². The van der Waals surface area contributed by atoms with Gasteiger partial charge >= 0.3 is 6.09 Å². The van der Waals surface area contributed by atoms with Crippen molar-refractivity contribution in [1.82, 2.24) is 14.3 Å². The van der Waals surface area contributed by atoms with Crippen molar-refractivity contribution >= 4 is 35.9 Å². The van der Waals surface area contributed by atoms with Crippen LogP contribution in [-0.2, 0) is 9.57 Å². The number of fused-ring (bicyclic) bond motifs is 1. The summed E-state index contributed by atoms with van der Waals surface area (Å²) in [5.41, 5.74) is 1.90. The highest BCUT2D eigenvalue weighted by Crippen LogP contribution is 2.23. The van der Waals surface area contributed by atoms with E-state index in [-0.39, 0.29) is 23.9 Å². The first-order valence-electron chi connectivity index (χ1n) is 10.4. The van der Waals surface area contributed by atoms with E-state index >= 15 is 0 Å². The Morgan fingerprint density at radius 3 is 2.85 bits per heavy atom. The number of aryl methyl sites for hydroxylation is 1. The number of pyridine rings is 1. The molecule has 0 aliphatic carbocycles. The Morgan fingerprint density at radius 2 is 2.12 bits per heavy atom. The normalized spacial score (nSPS) is 14.0. The molecule has 1 saturated heterocycles. The van der Waals surface area contributed by atoms with Gasteiger partial charge in [-0.3, -0.25) is 9.20 Å². The lowest BCUT2D eigenvalue weighted by atomic mass is 10.0. The van der Waals surface area contributed by atoms with Crippen LogP contribution in [0.25, 0.3) is 5.65 Å². The molecule has 2 aromatic heterocycles. The van der Waals surface area contributed by atoms with Gasteiger partial charge in [0, 0.05) is 30.9 Å². The third kappa shape index (κ3) is 4.58. The molecule has 0 atom stereocenters. The number of benzene rings is 1. The summed E-state index contributed by atoms with van der Waals surface area (Å²) < 4.78 is 21.0. The van der Waals surface area contributed by atoms with E-state index in [0.717, 1.165) is 0 Å². The molecule has 4 rings (SSSR count). The van der Waals surface area contributed by atoms with Crippen molar-refractivity contribution < 1.29 is 23.6 Å². The Labute approximate surface area is 194 Å². The maximum absolute atomic E-state index is 14.7. The van der Waals surface area contributed by atoms with Crippen LogP contribution in [0.2, 0.25) is 0 Å². The maximum Gasteiger partial charge on any atom is 0.409 e. The zero-order valence-corrected chi connectivity index (χ0v) is 18.7. The zero-order valence-electron chi connectivity index (χ0n) is 18.7. The molecule has 0 saturated carbocycles. The number of nitrogens with zero attached hydrogens (tertiary/aromatic N) is 5. The summed E-state index contributed by atoms with van der Waals surface area (Å²) in [5.74, 6) is -0.967. The summed E-state index contributed by atoms with van der Waals surface area (Å²) in [6, 6.07) is 8.12. The zero-order chi connectivity index (χ0) is 24.2. The number of likely N-dealkylation sites (tertiary alicyclic amines) is 1. The lowest BCUT2D eigenvalue weighted by molar-refractivity contribution is 0.0163. The van der Waals surface area contributed by atoms with Gasteiger partial charge in [0.2, 0.25) is 5.84 Å². The standard InChI is InChI=1S/C23H23FN6O4/c1-14-8-17(24)16(21(25-2)28-34-13-15-11-29(12-15)23(32)33-3)9-18(14)27-22(31)19-10-26-20-6-4-5-7-30(19)20/h4-10,15H,2,11-13H2,1,3H3,(H,27,31)/b28-21-. The monoisotopic (exact) mass is 466 g/mol. The molecule has 176 valence electrons. The molecule has 1 aliphatic heterocycles. The van der Waals surface area contributed by atoms with E-state index in [9.17, 15) is 14.0 Å². The quantitative estimate of drug-likeness (QED) is 0.341. The average Bonchev–Trinajstić information content (AvgIpc) is 3.24. The molecular weight excluding hydrogens is 443 g/mol. The molecule has 2 amide bonds. The van der Waals surface area contributed by atoms with Crippen molar-refractivity contribution in [3.63, 3.8) is 0 Å². The Kier molecular flexibility index (Phi) is 6.53. The molecular formula is C23H23FN6O4. The summed E-state index contributed by atoms with van der Waals surface area (Å²) in [7, 11) is 1.32. The van der Waals surface area contributed by atoms with Crippen molar-refractivity contribution in [2.24, 2.45) is 16.1 Å². The number of imidazole rings is 1. The number of ether oxygens (including phenoxy) is 1. The third-order valence-corrected chi connectivity index (χ3v) is 5.45. The predicted octanol–water partition coefficient (Wildman–Crippen LogP) is 3.11. The lowest BCUT2D eigenvalue weighted by Crippen LogP contribution is -2.51. The summed E-state index contributed by atoms with van der Waals surface area (Å²) in [4.78, 5) is 39.1. The van der Waals surface area contributed by atoms with Crippen LogP contribution in [0.15, 0.2) is 52.9 Å². The fourth-order valence-electron chi connectivity index (χ4n) is 3.59. The van der Waals surface area contributed by atoms with E-state index < -0.39 is 17.8 Å². The minimum atomic E-state index is -0.583. The summed E-state index contributed by atoms with van der Waals surface area (Å²) in [6.07, 6.45) is 2.81. The third-order valence-electron chi connectivity index (χ3n) is 5.45. The van der Waals surface area contributed by atoms with Gasteiger partial charge in [-0.15, -0.1) is 0 Å². The number of rotatable bonds is 6. The summed E-state index contributed by atoms with van der Waals surface area (Å²) in [5, 5.41) is 6.70. The van der Waals surface area contributed by atoms with Gasteiger partial charge in [0.05, 0.1) is 18.9 Å². The highest BCUT2D eigenvalue weighted by molar-refractivity contribution is 6.06. The van der Waals surface area contributed by atoms with Crippen molar-refractivity contribution in [2.75, 3.05) is 32.1 Å². The molecule has 0 radical (unpaired) electrons. The molecule has 3 aromatic rings. The Balaban J connectivity index is 1.47. The second-order valence-electron chi connectivity index (χ2n) is 7.78. The van der Waals surface area contributed by atoms with Crippen molar-refractivity contribution in [3.8, 4) is 0 Å². The number of amidine groups is 1. The van der Waals surface area contributed by atoms with Gasteiger partial charge in [-0.2, -0.15) is 0 Å². The van der Waals surface area contributed by atoms with E-state index in [0.29, 0.717) is 35.7 Å². The first-order valence-corrected chi connectivity index (χ1v) is 10.4. The molecule has 0 spiro atoms. The van der Waals surface area contributed by atoms with Crippen molar-refractivity contribution in [3.05, 3.63) is 65.4 Å². The Morgan fingerprint density at radius 1 is 1.32 bits per heavy atom. The smallest absolute Gasteiger partial charge is 0.409 e. The first-order chi connectivity index (χ1) is 16.4. The van der Waals surface area contributed by atoms with Gasteiger partial charge in [0.1, 0.15) is 23.8 Å². The number of anilines is 1. The number of hydrogen-bond donors (Lipinski definition) is 1. The number of hydrogen-bond acceptors (Lipinski definition) is 6. The predicted molar refractivity (Wildman–Crippen MR) is 124 cm³/mol. The highest BCUT2D eigenvalue weighted by atomic mass is 19.1. The fourth-order valence-corrected chi connectivity index (χ4v) is 3.59. The number of nitrogens with one attached hydrogen (secondary N) is 1. The summed E-state index contributed by atoms with van der Waals surface area (Å²) >= 11 is 0. The molecule has 1 N–H and O–H groups in total. The number of carbonyl (C=O) groups excluding carboxylic acids is 2. The second-order valence-corrected chi connectivity index (χ2v) is 7.78. The van der Waals surface area contributed by atoms with Crippen LogP contribution < -0.4 is 5.32 Å². The molecule has 1 fully saturated rings. The van der Waals surface area contributed by atoms with Crippen LogP contribution in [0.5, 0.6) is 0 Å². The SMILES string of the molecule is C=N/C(=N\OCC1CN(C(=O)OC)C1)c1cc(NC(=O)c2cnc3ccccn23)c(C)cc1F. The lowest BCUT2D eigenvalue weighted by Gasteiger charge is -2.36. The van der Waals surface area contributed by atoms with Crippen LogP contribution >= 0.6 is 0 Å². The molecule has 34 heavy (non-hydrogen) atoms. The second kappa shape index (κ2) is 9.69. The molecule has 0 bridgehead atoms. The van der Waals surface area contributed by atoms with Gasteiger partial charge in [-0.05, 0) is 43.5 Å². The van der Waals surface area contributed by atoms with Crippen LogP contribution in [0.3, 0.4) is 0 Å². The number of carbonyl (C=O) groups is 2. The van der Waals surface area contributed by atoms with Gasteiger partial charge in [0.15, 0.2) is 0 Å². The number of methoxy groups -OCH3 is 1. The average molecular weight is 466 g/mol. The number of aromatic nitrogens is 2. The minimum absolute atomic E-state index is 0.0267. The Hall–Kier alpha value is -4.28. The van der Waals surface area contributed by atoms with E-state index in [1.807, 2.05) is 6.07 Å². The van der Waals surface area contributed by atoms with Crippen molar-refractivity contribution in [2.45, 2.75) is 6.92 Å². The molecule has 3 heterocycles. The van der Waals surface area contributed by atoms with Crippen LogP contribution in [-0.4, -0.2) is 65.6 Å². The molecule has 1 aliphatic rings. The largest absolute Gasteiger partial charge is 0.453 e. The number of aliphatic imine (C=N–C) groups is 1. The van der Waals surface area contributed by atoms with Crippen LogP contribution in [0.4, 0.5) is 14.9 Å². The summed E-state index contributed by atoms with van der Waals surface area (Å²) in [6.45, 7) is 6.31. The first kappa shape index (κ1) is 22.9. The van der Waals surface area contributed by atoms with Crippen molar-refractivity contribution in [1.29, 1.82) is 0 Å². The topological polar surface area (TPSA) is 110 Å². The van der Waals surface area contributed by atoms with Gasteiger partial charge in [0.25, 0.3) is 5.91 Å². The van der Waals surface area contributed by atoms with Crippen LogP contribution in [0, 0.1) is 18.7 Å². The number of halogens is 1. The van der Waals surface area contributed by atoms with Gasteiger partial charge in [-0.1, -0.05) is 11.2 Å². The fraction of sp³-hybridized carbons (Fsp3) is 0.261. The highest BCUT2D eigenvalue weighted by Gasteiger charge is 2.31. The maximum atomic E-state index is 14.7. The molecule has 11 heteroatoms. The van der Waals surface area contributed by atoms with Gasteiger partial charge in [-0.25, -0.2) is 19.2 Å². The van der Waals surface area contributed by atoms with E-state index in [1.165, 1.54) is 30.3 Å². The molecule has 1 aromatic carbocycles.